The summed E-state index contributed by atoms with van der Waals surface area (Å²) in [6.45, 7) is 1.39. The van der Waals surface area contributed by atoms with Crippen molar-refractivity contribution in [1.29, 1.82) is 0 Å². The van der Waals surface area contributed by atoms with Gasteiger partial charge < -0.3 is 14.4 Å². The van der Waals surface area contributed by atoms with Crippen LogP contribution >= 0.6 is 0 Å². The van der Waals surface area contributed by atoms with Gasteiger partial charge in [-0.1, -0.05) is 0 Å². The number of hydrogen-bond donors (Lipinski definition) is 0. The van der Waals surface area contributed by atoms with Crippen molar-refractivity contribution in [2.75, 3.05) is 24.9 Å². The minimum Gasteiger partial charge on any atom is -0.497 e. The summed E-state index contributed by atoms with van der Waals surface area (Å²) in [6, 6.07) is 4.49. The summed E-state index contributed by atoms with van der Waals surface area (Å²) in [5, 5.41) is 1.14. The fourth-order valence-corrected chi connectivity index (χ4v) is 3.56. The molecule has 0 bridgehead atoms. The summed E-state index contributed by atoms with van der Waals surface area (Å²) in [6.07, 6.45) is 1.51. The van der Waals surface area contributed by atoms with Crippen molar-refractivity contribution in [3.63, 3.8) is 0 Å². The highest BCUT2D eigenvalue weighted by Gasteiger charge is 2.31. The van der Waals surface area contributed by atoms with Crippen LogP contribution in [-0.2, 0) is 14.6 Å². The van der Waals surface area contributed by atoms with Gasteiger partial charge in [-0.05, 0) is 18.2 Å². The average Bonchev–Trinajstić information content (AvgIpc) is 2.78. The first kappa shape index (κ1) is 15.4. The van der Waals surface area contributed by atoms with Crippen LogP contribution in [0, 0.1) is 0 Å². The molecule has 2 rings (SSSR count). The second kappa shape index (κ2) is 5.77. The van der Waals surface area contributed by atoms with Gasteiger partial charge in [-0.15, -0.1) is 0 Å². The number of carbonyl (C=O) groups excluding carboxylic acids is 1. The van der Waals surface area contributed by atoms with Crippen molar-refractivity contribution < 1.29 is 22.7 Å². The molecule has 0 fully saturated rings. The number of nitrogens with zero attached hydrogens (tertiary/aromatic N) is 1. The summed E-state index contributed by atoms with van der Waals surface area (Å²) < 4.78 is 33.6. The van der Waals surface area contributed by atoms with E-state index in [0.29, 0.717) is 17.2 Å². The highest BCUT2D eigenvalue weighted by Crippen LogP contribution is 2.35. The molecule has 0 spiro atoms. The maximum atomic E-state index is 12.0. The molecule has 21 heavy (non-hydrogen) atoms. The Morgan fingerprint density at radius 1 is 1.29 bits per heavy atom. The highest BCUT2D eigenvalue weighted by atomic mass is 32.2. The van der Waals surface area contributed by atoms with Crippen molar-refractivity contribution in [3.8, 4) is 11.5 Å². The third-order valence-electron chi connectivity index (χ3n) is 3.23. The van der Waals surface area contributed by atoms with Gasteiger partial charge in [0.1, 0.15) is 11.5 Å². The lowest BCUT2D eigenvalue weighted by atomic mass is 10.2. The quantitative estimate of drug-likeness (QED) is 0.839. The number of carbonyl (C=O) groups is 1. The molecule has 0 unspecified atom stereocenters. The zero-order valence-corrected chi connectivity index (χ0v) is 12.9. The van der Waals surface area contributed by atoms with Crippen LogP contribution in [0.15, 0.2) is 29.7 Å². The van der Waals surface area contributed by atoms with Gasteiger partial charge >= 0.3 is 0 Å². The van der Waals surface area contributed by atoms with Crippen LogP contribution in [0.5, 0.6) is 11.5 Å². The number of amides is 1. The molecule has 1 atom stereocenters. The third-order valence-corrected chi connectivity index (χ3v) is 4.61. The van der Waals surface area contributed by atoms with Crippen LogP contribution < -0.4 is 14.4 Å². The van der Waals surface area contributed by atoms with Crippen molar-refractivity contribution in [1.82, 2.24) is 0 Å². The molecule has 1 aromatic rings. The fourth-order valence-electron chi connectivity index (χ4n) is 2.29. The van der Waals surface area contributed by atoms with E-state index in [9.17, 15) is 13.2 Å². The first-order valence-electron chi connectivity index (χ1n) is 6.30. The number of hydrogen-bond acceptors (Lipinski definition) is 5. The van der Waals surface area contributed by atoms with Gasteiger partial charge in [0.25, 0.3) is 0 Å². The van der Waals surface area contributed by atoms with Crippen LogP contribution in [0.3, 0.4) is 0 Å². The molecule has 0 saturated heterocycles. The van der Waals surface area contributed by atoms with Gasteiger partial charge in [0.2, 0.25) is 5.91 Å². The van der Waals surface area contributed by atoms with Gasteiger partial charge in [-0.2, -0.15) is 0 Å². The first-order valence-corrected chi connectivity index (χ1v) is 8.02. The predicted molar refractivity (Wildman–Crippen MR) is 79.4 cm³/mol. The van der Waals surface area contributed by atoms with E-state index in [-0.39, 0.29) is 11.7 Å². The zero-order valence-electron chi connectivity index (χ0n) is 12.1. The lowest BCUT2D eigenvalue weighted by Crippen LogP contribution is -2.40. The van der Waals surface area contributed by atoms with E-state index >= 15 is 0 Å². The fraction of sp³-hybridized carbons (Fsp3) is 0.357. The molecule has 0 aliphatic carbocycles. The summed E-state index contributed by atoms with van der Waals surface area (Å²) in [5.74, 6) is 0.631. The molecule has 6 nitrogen and oxygen atoms in total. The Bertz CT molecular complexity index is 681. The number of sulfone groups is 1. The Morgan fingerprint density at radius 3 is 2.48 bits per heavy atom. The standard InChI is InChI=1S/C14H17NO5S/c1-10(16)15(11-6-7-21(17,18)9-11)13-8-12(19-2)4-5-14(13)20-3/h4-8,11H,9H2,1-3H3/t11-/m1/s1. The molecule has 1 aliphatic rings. The second-order valence-electron chi connectivity index (χ2n) is 4.65. The van der Waals surface area contributed by atoms with Crippen molar-refractivity contribution in [2.24, 2.45) is 0 Å². The maximum absolute atomic E-state index is 12.0. The SMILES string of the molecule is COc1ccc(OC)c(N(C(C)=O)[C@@H]2C=CS(=O)(=O)C2)c1. The monoisotopic (exact) mass is 311 g/mol. The number of benzene rings is 1. The third kappa shape index (κ3) is 3.18. The Kier molecular flexibility index (Phi) is 4.22. The molecule has 1 heterocycles. The lowest BCUT2D eigenvalue weighted by Gasteiger charge is -2.28. The van der Waals surface area contributed by atoms with Gasteiger partial charge in [0.15, 0.2) is 9.84 Å². The topological polar surface area (TPSA) is 72.9 Å². The summed E-state index contributed by atoms with van der Waals surface area (Å²) in [5.41, 5.74) is 0.483. The molecule has 0 N–H and O–H groups in total. The minimum absolute atomic E-state index is 0.132. The highest BCUT2D eigenvalue weighted by molar-refractivity contribution is 7.94. The summed E-state index contributed by atoms with van der Waals surface area (Å²) >= 11 is 0. The normalized spacial score (nSPS) is 19.3. The molecule has 114 valence electrons. The molecular formula is C14H17NO5S. The predicted octanol–water partition coefficient (Wildman–Crippen LogP) is 1.37. The average molecular weight is 311 g/mol. The minimum atomic E-state index is -3.26. The zero-order chi connectivity index (χ0) is 15.6. The van der Waals surface area contributed by atoms with Crippen LogP contribution in [0.4, 0.5) is 5.69 Å². The molecule has 0 radical (unpaired) electrons. The largest absolute Gasteiger partial charge is 0.497 e. The van der Waals surface area contributed by atoms with Crippen LogP contribution in [-0.4, -0.2) is 40.3 Å². The van der Waals surface area contributed by atoms with Gasteiger partial charge in [0.05, 0.1) is 31.7 Å². The van der Waals surface area contributed by atoms with E-state index in [0.717, 1.165) is 5.41 Å². The molecule has 7 heteroatoms. The summed E-state index contributed by atoms with van der Waals surface area (Å²) in [7, 11) is -0.255. The number of methoxy groups -OCH3 is 2. The molecular weight excluding hydrogens is 294 g/mol. The van der Waals surface area contributed by atoms with Crippen molar-refractivity contribution in [3.05, 3.63) is 29.7 Å². The van der Waals surface area contributed by atoms with Crippen molar-refractivity contribution >= 4 is 21.4 Å². The smallest absolute Gasteiger partial charge is 0.224 e. The van der Waals surface area contributed by atoms with Crippen LogP contribution in [0.25, 0.3) is 0 Å². The number of rotatable bonds is 4. The van der Waals surface area contributed by atoms with E-state index in [1.165, 1.54) is 32.1 Å². The Hall–Kier alpha value is -2.02. The molecule has 0 aromatic heterocycles. The summed E-state index contributed by atoms with van der Waals surface area (Å²) in [4.78, 5) is 13.4. The molecule has 0 saturated carbocycles. The Morgan fingerprint density at radius 2 is 2.00 bits per heavy atom. The van der Waals surface area contributed by atoms with E-state index in [1.807, 2.05) is 0 Å². The van der Waals surface area contributed by atoms with Gasteiger partial charge in [-0.3, -0.25) is 4.79 Å². The van der Waals surface area contributed by atoms with Crippen LogP contribution in [0.1, 0.15) is 6.92 Å². The second-order valence-corrected chi connectivity index (χ2v) is 6.58. The molecule has 1 aromatic carbocycles. The maximum Gasteiger partial charge on any atom is 0.224 e. The number of anilines is 1. The Balaban J connectivity index is 2.48. The van der Waals surface area contributed by atoms with E-state index in [4.69, 9.17) is 9.47 Å². The lowest BCUT2D eigenvalue weighted by molar-refractivity contribution is -0.116. The molecule has 1 amide bonds. The van der Waals surface area contributed by atoms with E-state index < -0.39 is 15.9 Å². The molecule has 1 aliphatic heterocycles. The van der Waals surface area contributed by atoms with Gasteiger partial charge in [-0.25, -0.2) is 8.42 Å². The van der Waals surface area contributed by atoms with E-state index in [1.54, 1.807) is 18.2 Å². The van der Waals surface area contributed by atoms with Crippen molar-refractivity contribution in [2.45, 2.75) is 13.0 Å². The van der Waals surface area contributed by atoms with E-state index in [2.05, 4.69) is 0 Å². The Labute approximate surface area is 123 Å². The number of ether oxygens (including phenoxy) is 2. The van der Waals surface area contributed by atoms with Gasteiger partial charge in [0, 0.05) is 18.4 Å². The van der Waals surface area contributed by atoms with Crippen LogP contribution in [0.2, 0.25) is 0 Å². The first-order chi connectivity index (χ1) is 9.88.